The molecule has 2 rings (SSSR count). The molecule has 0 saturated carbocycles. The van der Waals surface area contributed by atoms with E-state index >= 15 is 0 Å². The zero-order chi connectivity index (χ0) is 14.4. The molecule has 0 unspecified atom stereocenters. The second-order valence-electron chi connectivity index (χ2n) is 4.90. The fourth-order valence-corrected chi connectivity index (χ4v) is 2.35. The summed E-state index contributed by atoms with van der Waals surface area (Å²) in [5, 5.41) is 0. The Morgan fingerprint density at radius 2 is 2.05 bits per heavy atom. The zero-order valence-electron chi connectivity index (χ0n) is 11.9. The van der Waals surface area contributed by atoms with E-state index in [2.05, 4.69) is 0 Å². The molecule has 1 amide bonds. The minimum absolute atomic E-state index is 0.0376. The lowest BCUT2D eigenvalue weighted by Gasteiger charge is -2.16. The van der Waals surface area contributed by atoms with Gasteiger partial charge in [-0.1, -0.05) is 6.07 Å². The number of nitrogens with zero attached hydrogens (tertiary/aromatic N) is 1. The fraction of sp³-hybridized carbons (Fsp3) is 0.533. The molecule has 1 aliphatic heterocycles. The third-order valence-electron chi connectivity index (χ3n) is 3.47. The Morgan fingerprint density at radius 1 is 1.30 bits per heavy atom. The summed E-state index contributed by atoms with van der Waals surface area (Å²) >= 11 is 0. The van der Waals surface area contributed by atoms with Crippen LogP contribution in [0.3, 0.4) is 0 Å². The van der Waals surface area contributed by atoms with Crippen LogP contribution < -0.4 is 15.2 Å². The van der Waals surface area contributed by atoms with Crippen LogP contribution in [0.25, 0.3) is 0 Å². The largest absolute Gasteiger partial charge is 0.493 e. The first kappa shape index (κ1) is 14.7. The fourth-order valence-electron chi connectivity index (χ4n) is 2.35. The predicted octanol–water partition coefficient (Wildman–Crippen LogP) is 1.20. The summed E-state index contributed by atoms with van der Waals surface area (Å²) in [6, 6.07) is 5.69. The summed E-state index contributed by atoms with van der Waals surface area (Å²) in [7, 11) is 1.59. The zero-order valence-corrected chi connectivity index (χ0v) is 11.9. The van der Waals surface area contributed by atoms with E-state index < -0.39 is 0 Å². The summed E-state index contributed by atoms with van der Waals surface area (Å²) in [4.78, 5) is 13.8. The summed E-state index contributed by atoms with van der Waals surface area (Å²) in [5.41, 5.74) is 6.64. The van der Waals surface area contributed by atoms with Crippen molar-refractivity contribution in [2.24, 2.45) is 5.73 Å². The number of ether oxygens (including phenoxy) is 2. The van der Waals surface area contributed by atoms with Crippen molar-refractivity contribution < 1.29 is 14.3 Å². The lowest BCUT2D eigenvalue weighted by Crippen LogP contribution is -2.32. The van der Waals surface area contributed by atoms with E-state index in [1.54, 1.807) is 7.11 Å². The van der Waals surface area contributed by atoms with Crippen molar-refractivity contribution in [3.8, 4) is 11.5 Å². The van der Waals surface area contributed by atoms with Crippen LogP contribution in [0.1, 0.15) is 18.4 Å². The Labute approximate surface area is 119 Å². The van der Waals surface area contributed by atoms with E-state index in [0.29, 0.717) is 18.0 Å². The van der Waals surface area contributed by atoms with Gasteiger partial charge in [0.25, 0.3) is 5.91 Å². The van der Waals surface area contributed by atoms with Crippen LogP contribution in [0.2, 0.25) is 0 Å². The normalized spacial score (nSPS) is 14.4. The van der Waals surface area contributed by atoms with Crippen molar-refractivity contribution in [3.63, 3.8) is 0 Å². The molecule has 0 radical (unpaired) electrons. The van der Waals surface area contributed by atoms with Gasteiger partial charge in [-0.2, -0.15) is 0 Å². The maximum Gasteiger partial charge on any atom is 0.260 e. The molecule has 5 nitrogen and oxygen atoms in total. The molecule has 5 heteroatoms. The Balaban J connectivity index is 1.96. The number of methoxy groups -OCH3 is 1. The average molecular weight is 278 g/mol. The van der Waals surface area contributed by atoms with E-state index in [1.165, 1.54) is 0 Å². The van der Waals surface area contributed by atoms with Gasteiger partial charge < -0.3 is 20.1 Å². The molecule has 0 aliphatic carbocycles. The van der Waals surface area contributed by atoms with Gasteiger partial charge in [0.2, 0.25) is 0 Å². The number of carbonyl (C=O) groups is 1. The number of nitrogens with two attached hydrogens (primary N) is 1. The highest BCUT2D eigenvalue weighted by Crippen LogP contribution is 2.28. The van der Waals surface area contributed by atoms with E-state index in [0.717, 1.165) is 37.9 Å². The van der Waals surface area contributed by atoms with E-state index in [1.807, 2.05) is 23.1 Å². The highest BCUT2D eigenvalue weighted by Gasteiger charge is 2.18. The molecule has 0 atom stereocenters. The van der Waals surface area contributed by atoms with Gasteiger partial charge in [0.1, 0.15) is 0 Å². The van der Waals surface area contributed by atoms with Crippen LogP contribution in [0.15, 0.2) is 18.2 Å². The molecule has 1 aliphatic rings. The van der Waals surface area contributed by atoms with E-state index in [9.17, 15) is 4.79 Å². The second-order valence-corrected chi connectivity index (χ2v) is 4.90. The number of benzene rings is 1. The maximum absolute atomic E-state index is 11.9. The highest BCUT2D eigenvalue weighted by atomic mass is 16.5. The molecule has 1 aromatic carbocycles. The number of carbonyl (C=O) groups excluding carboxylic acids is 1. The average Bonchev–Trinajstić information content (AvgIpc) is 3.00. The summed E-state index contributed by atoms with van der Waals surface area (Å²) in [5.74, 6) is 1.28. The molecule has 2 N–H and O–H groups in total. The SMILES string of the molecule is COc1cc(CCN)ccc1OCC(=O)N1CCCC1. The summed E-state index contributed by atoms with van der Waals surface area (Å²) in [6.07, 6.45) is 2.97. The maximum atomic E-state index is 11.9. The lowest BCUT2D eigenvalue weighted by atomic mass is 10.1. The van der Waals surface area contributed by atoms with Crippen LogP contribution in [0.5, 0.6) is 11.5 Å². The van der Waals surface area contributed by atoms with Crippen molar-refractivity contribution in [2.45, 2.75) is 19.3 Å². The molecule has 1 saturated heterocycles. The molecule has 0 aromatic heterocycles. The number of amides is 1. The molecule has 0 bridgehead atoms. The molecule has 0 spiro atoms. The predicted molar refractivity (Wildman–Crippen MR) is 77.1 cm³/mol. The third kappa shape index (κ3) is 3.63. The smallest absolute Gasteiger partial charge is 0.260 e. The standard InChI is InChI=1S/C15H22N2O3/c1-19-14-10-12(6-7-16)4-5-13(14)20-11-15(18)17-8-2-3-9-17/h4-5,10H,2-3,6-9,11,16H2,1H3. The van der Waals surface area contributed by atoms with Crippen LogP contribution in [-0.4, -0.2) is 44.2 Å². The Hall–Kier alpha value is -1.75. The van der Waals surface area contributed by atoms with Crippen molar-refractivity contribution in [1.29, 1.82) is 0 Å². The quantitative estimate of drug-likeness (QED) is 0.849. The van der Waals surface area contributed by atoms with Crippen molar-refractivity contribution in [3.05, 3.63) is 23.8 Å². The van der Waals surface area contributed by atoms with Gasteiger partial charge in [-0.05, 0) is 43.5 Å². The first-order chi connectivity index (χ1) is 9.74. The van der Waals surface area contributed by atoms with Crippen molar-refractivity contribution in [2.75, 3.05) is 33.4 Å². The molecular weight excluding hydrogens is 256 g/mol. The van der Waals surface area contributed by atoms with E-state index in [-0.39, 0.29) is 12.5 Å². The van der Waals surface area contributed by atoms with Gasteiger partial charge in [0.15, 0.2) is 18.1 Å². The molecular formula is C15H22N2O3. The monoisotopic (exact) mass is 278 g/mol. The number of rotatable bonds is 6. The molecule has 1 fully saturated rings. The lowest BCUT2D eigenvalue weighted by molar-refractivity contribution is -0.132. The Morgan fingerprint density at radius 3 is 2.70 bits per heavy atom. The second kappa shape index (κ2) is 7.14. The summed E-state index contributed by atoms with van der Waals surface area (Å²) in [6.45, 7) is 2.34. The minimum Gasteiger partial charge on any atom is -0.493 e. The minimum atomic E-state index is 0.0376. The van der Waals surface area contributed by atoms with Gasteiger partial charge in [-0.3, -0.25) is 4.79 Å². The number of hydrogen-bond acceptors (Lipinski definition) is 4. The van der Waals surface area contributed by atoms with E-state index in [4.69, 9.17) is 15.2 Å². The van der Waals surface area contributed by atoms with Gasteiger partial charge >= 0.3 is 0 Å². The van der Waals surface area contributed by atoms with Crippen molar-refractivity contribution >= 4 is 5.91 Å². The first-order valence-corrected chi connectivity index (χ1v) is 7.02. The van der Waals surface area contributed by atoms with Gasteiger partial charge in [0, 0.05) is 13.1 Å². The molecule has 1 heterocycles. The van der Waals surface area contributed by atoms with Gasteiger partial charge in [-0.25, -0.2) is 0 Å². The van der Waals surface area contributed by atoms with Crippen molar-refractivity contribution in [1.82, 2.24) is 4.90 Å². The number of likely N-dealkylation sites (tertiary alicyclic amines) is 1. The van der Waals surface area contributed by atoms with Gasteiger partial charge in [-0.15, -0.1) is 0 Å². The molecule has 20 heavy (non-hydrogen) atoms. The Bertz CT molecular complexity index is 456. The molecule has 110 valence electrons. The van der Waals surface area contributed by atoms with Crippen LogP contribution in [0, 0.1) is 0 Å². The van der Waals surface area contributed by atoms with Crippen LogP contribution in [-0.2, 0) is 11.2 Å². The molecule has 1 aromatic rings. The van der Waals surface area contributed by atoms with Crippen LogP contribution >= 0.6 is 0 Å². The van der Waals surface area contributed by atoms with Gasteiger partial charge in [0.05, 0.1) is 7.11 Å². The first-order valence-electron chi connectivity index (χ1n) is 7.02. The highest BCUT2D eigenvalue weighted by molar-refractivity contribution is 5.78. The topological polar surface area (TPSA) is 64.8 Å². The summed E-state index contributed by atoms with van der Waals surface area (Å²) < 4.78 is 10.9. The van der Waals surface area contributed by atoms with Crippen LogP contribution in [0.4, 0.5) is 0 Å². The Kier molecular flexibility index (Phi) is 5.24. The number of hydrogen-bond donors (Lipinski definition) is 1. The third-order valence-corrected chi connectivity index (χ3v) is 3.47.